The number of carbonyl (C=O) groups excluding carboxylic acids is 2. The molecule has 0 aromatic heterocycles. The molecule has 6 heteroatoms. The highest BCUT2D eigenvalue weighted by atomic mass is 35.5. The first-order valence-corrected chi connectivity index (χ1v) is 9.00. The molecule has 0 heterocycles. The number of hydrogen-bond donors (Lipinski definition) is 2. The molecule has 0 unspecified atom stereocenters. The van der Waals surface area contributed by atoms with Crippen LogP contribution >= 0.6 is 11.6 Å². The van der Waals surface area contributed by atoms with Gasteiger partial charge in [0.15, 0.2) is 0 Å². The zero-order valence-corrected chi connectivity index (χ0v) is 15.3. The largest absolute Gasteiger partial charge is 0.375 e. The summed E-state index contributed by atoms with van der Waals surface area (Å²) in [4.78, 5) is 23.8. The molecular formula is C19H25ClN2O3. The Bertz CT molecular complexity index is 631. The summed E-state index contributed by atoms with van der Waals surface area (Å²) in [5, 5.41) is 5.83. The molecule has 2 N–H and O–H groups in total. The Kier molecular flexibility index (Phi) is 7.95. The van der Waals surface area contributed by atoms with Gasteiger partial charge in [-0.25, -0.2) is 0 Å². The number of benzene rings is 1. The average Bonchev–Trinajstić information content (AvgIpc) is 2.64. The number of ether oxygens (including phenoxy) is 1. The van der Waals surface area contributed by atoms with Crippen molar-refractivity contribution in [1.29, 1.82) is 0 Å². The van der Waals surface area contributed by atoms with Crippen LogP contribution in [0.1, 0.15) is 43.8 Å². The number of amides is 2. The summed E-state index contributed by atoms with van der Waals surface area (Å²) in [5.41, 5.74) is 2.14. The Morgan fingerprint density at radius 3 is 2.64 bits per heavy atom. The van der Waals surface area contributed by atoms with Crippen molar-refractivity contribution in [3.8, 4) is 0 Å². The molecule has 1 aromatic carbocycles. The summed E-state index contributed by atoms with van der Waals surface area (Å²) in [7, 11) is 1.54. The summed E-state index contributed by atoms with van der Waals surface area (Å²) >= 11 is 6.14. The van der Waals surface area contributed by atoms with Crippen LogP contribution in [0.5, 0.6) is 0 Å². The molecule has 2 rings (SSSR count). The fraction of sp³-hybridized carbons (Fsp3) is 0.474. The highest BCUT2D eigenvalue weighted by Crippen LogP contribution is 2.24. The minimum Gasteiger partial charge on any atom is -0.375 e. The van der Waals surface area contributed by atoms with E-state index in [0.717, 1.165) is 24.8 Å². The second-order valence-corrected chi connectivity index (χ2v) is 6.48. The summed E-state index contributed by atoms with van der Waals surface area (Å²) in [6.45, 7) is 0.661. The highest BCUT2D eigenvalue weighted by molar-refractivity contribution is 6.35. The van der Waals surface area contributed by atoms with E-state index in [4.69, 9.17) is 16.3 Å². The summed E-state index contributed by atoms with van der Waals surface area (Å²) in [5.74, 6) is -1.28. The predicted octanol–water partition coefficient (Wildman–Crippen LogP) is 3.15. The Morgan fingerprint density at radius 1 is 1.20 bits per heavy atom. The lowest BCUT2D eigenvalue weighted by molar-refractivity contribution is -0.139. The number of methoxy groups -OCH3 is 1. The molecule has 0 spiro atoms. The van der Waals surface area contributed by atoms with Gasteiger partial charge < -0.3 is 15.4 Å². The number of carbonyl (C=O) groups is 2. The van der Waals surface area contributed by atoms with Crippen molar-refractivity contribution in [2.45, 2.75) is 38.2 Å². The lowest BCUT2D eigenvalue weighted by atomic mass is 9.97. The number of allylic oxidation sites excluding steroid dienone is 1. The molecule has 2 amide bonds. The van der Waals surface area contributed by atoms with E-state index in [1.54, 1.807) is 6.07 Å². The molecule has 0 fully saturated rings. The van der Waals surface area contributed by atoms with Gasteiger partial charge in [-0.05, 0) is 38.2 Å². The Labute approximate surface area is 153 Å². The Balaban J connectivity index is 1.75. The molecule has 25 heavy (non-hydrogen) atoms. The van der Waals surface area contributed by atoms with Crippen molar-refractivity contribution >= 4 is 23.4 Å². The number of rotatable bonds is 7. The maximum absolute atomic E-state index is 11.9. The molecule has 136 valence electrons. The summed E-state index contributed by atoms with van der Waals surface area (Å²) < 4.78 is 5.37. The first-order valence-electron chi connectivity index (χ1n) is 8.63. The van der Waals surface area contributed by atoms with E-state index in [-0.39, 0.29) is 6.54 Å². The molecule has 0 aliphatic heterocycles. The van der Waals surface area contributed by atoms with Crippen LogP contribution in [0.2, 0.25) is 5.02 Å². The second kappa shape index (κ2) is 10.2. The van der Waals surface area contributed by atoms with Gasteiger partial charge in [-0.15, -0.1) is 0 Å². The van der Waals surface area contributed by atoms with Crippen molar-refractivity contribution in [2.24, 2.45) is 0 Å². The zero-order valence-electron chi connectivity index (χ0n) is 14.5. The standard InChI is InChI=1S/C19H25ClN2O3/c1-25-17(15-9-5-6-10-16(15)20)13-22-19(24)18(23)21-12-11-14-7-3-2-4-8-14/h5-7,9-10,17H,2-4,8,11-13H2,1H3,(H,21,23)(H,22,24)/t17-/m1/s1. The third-order valence-electron chi connectivity index (χ3n) is 4.31. The van der Waals surface area contributed by atoms with E-state index >= 15 is 0 Å². The monoisotopic (exact) mass is 364 g/mol. The molecule has 0 saturated heterocycles. The van der Waals surface area contributed by atoms with E-state index in [0.29, 0.717) is 11.6 Å². The topological polar surface area (TPSA) is 67.4 Å². The minimum atomic E-state index is -0.660. The van der Waals surface area contributed by atoms with Crippen molar-refractivity contribution in [1.82, 2.24) is 10.6 Å². The van der Waals surface area contributed by atoms with Crippen LogP contribution < -0.4 is 10.6 Å². The van der Waals surface area contributed by atoms with Gasteiger partial charge >= 0.3 is 11.8 Å². The van der Waals surface area contributed by atoms with Crippen LogP contribution in [0.3, 0.4) is 0 Å². The van der Waals surface area contributed by atoms with Crippen LogP contribution in [0.4, 0.5) is 0 Å². The van der Waals surface area contributed by atoms with E-state index in [9.17, 15) is 9.59 Å². The molecule has 0 bridgehead atoms. The van der Waals surface area contributed by atoms with Crippen molar-refractivity contribution in [3.05, 3.63) is 46.5 Å². The normalized spacial score (nSPS) is 15.2. The Morgan fingerprint density at radius 2 is 1.96 bits per heavy atom. The molecule has 1 atom stereocenters. The van der Waals surface area contributed by atoms with Gasteiger partial charge in [-0.3, -0.25) is 9.59 Å². The van der Waals surface area contributed by atoms with Crippen LogP contribution in [0, 0.1) is 0 Å². The predicted molar refractivity (Wildman–Crippen MR) is 98.4 cm³/mol. The van der Waals surface area contributed by atoms with Gasteiger partial charge in [-0.2, -0.15) is 0 Å². The van der Waals surface area contributed by atoms with Gasteiger partial charge in [0.05, 0.1) is 0 Å². The molecule has 1 aliphatic rings. The number of halogens is 1. The van der Waals surface area contributed by atoms with Crippen LogP contribution in [0.15, 0.2) is 35.9 Å². The van der Waals surface area contributed by atoms with E-state index in [2.05, 4.69) is 16.7 Å². The first-order chi connectivity index (χ1) is 12.1. The third kappa shape index (κ3) is 6.18. The van der Waals surface area contributed by atoms with Crippen molar-refractivity contribution in [3.63, 3.8) is 0 Å². The third-order valence-corrected chi connectivity index (χ3v) is 4.65. The van der Waals surface area contributed by atoms with Crippen LogP contribution in [-0.4, -0.2) is 32.0 Å². The molecule has 1 aromatic rings. The number of nitrogens with one attached hydrogen (secondary N) is 2. The minimum absolute atomic E-state index is 0.178. The molecule has 0 saturated carbocycles. The first kappa shape index (κ1) is 19.5. The fourth-order valence-electron chi connectivity index (χ4n) is 2.87. The van der Waals surface area contributed by atoms with E-state index in [1.165, 1.54) is 25.5 Å². The molecular weight excluding hydrogens is 340 g/mol. The van der Waals surface area contributed by atoms with Crippen LogP contribution in [0.25, 0.3) is 0 Å². The van der Waals surface area contributed by atoms with Crippen LogP contribution in [-0.2, 0) is 14.3 Å². The molecule has 5 nitrogen and oxygen atoms in total. The van der Waals surface area contributed by atoms with Gasteiger partial charge in [0, 0.05) is 30.8 Å². The van der Waals surface area contributed by atoms with Gasteiger partial charge in [0.2, 0.25) is 0 Å². The van der Waals surface area contributed by atoms with Gasteiger partial charge in [-0.1, -0.05) is 41.4 Å². The lowest BCUT2D eigenvalue weighted by Crippen LogP contribution is -2.42. The molecule has 0 radical (unpaired) electrons. The molecule has 1 aliphatic carbocycles. The summed E-state index contributed by atoms with van der Waals surface area (Å²) in [6, 6.07) is 7.27. The average molecular weight is 365 g/mol. The number of hydrogen-bond acceptors (Lipinski definition) is 3. The maximum Gasteiger partial charge on any atom is 0.309 e. The van der Waals surface area contributed by atoms with E-state index in [1.807, 2.05) is 18.2 Å². The highest BCUT2D eigenvalue weighted by Gasteiger charge is 2.18. The zero-order chi connectivity index (χ0) is 18.1. The van der Waals surface area contributed by atoms with Gasteiger partial charge in [0.1, 0.15) is 6.10 Å². The summed E-state index contributed by atoms with van der Waals surface area (Å²) in [6.07, 6.45) is 7.30. The second-order valence-electron chi connectivity index (χ2n) is 6.07. The van der Waals surface area contributed by atoms with Gasteiger partial charge in [0.25, 0.3) is 0 Å². The fourth-order valence-corrected chi connectivity index (χ4v) is 3.13. The maximum atomic E-state index is 11.9. The quantitative estimate of drug-likeness (QED) is 0.577. The SMILES string of the molecule is CO[C@H](CNC(=O)C(=O)NCCC1=CCCCC1)c1ccccc1Cl. The van der Waals surface area contributed by atoms with Crippen molar-refractivity contribution in [2.75, 3.05) is 20.2 Å². The van der Waals surface area contributed by atoms with Crippen molar-refractivity contribution < 1.29 is 14.3 Å². The smallest absolute Gasteiger partial charge is 0.309 e. The lowest BCUT2D eigenvalue weighted by Gasteiger charge is -2.17. The van der Waals surface area contributed by atoms with E-state index < -0.39 is 17.9 Å². The Hall–Kier alpha value is -1.85.